The maximum atomic E-state index is 3.51. The summed E-state index contributed by atoms with van der Waals surface area (Å²) in [4.78, 5) is 1.35. The highest BCUT2D eigenvalue weighted by Crippen LogP contribution is 2.23. The van der Waals surface area contributed by atoms with Gasteiger partial charge in [-0.2, -0.15) is 0 Å². The molecule has 96 valence electrons. The molecule has 0 fully saturated rings. The molecule has 18 heavy (non-hydrogen) atoms. The average Bonchev–Trinajstić information content (AvgIpc) is 2.33. The maximum Gasteiger partial charge on any atom is 0.0106 e. The van der Waals surface area contributed by atoms with Crippen molar-refractivity contribution in [1.82, 2.24) is 5.32 Å². The van der Waals surface area contributed by atoms with E-state index in [9.17, 15) is 0 Å². The zero-order chi connectivity index (χ0) is 13.0. The molecule has 2 heteroatoms. The fraction of sp³-hybridized carbons (Fsp3) is 0.375. The van der Waals surface area contributed by atoms with E-state index in [0.29, 0.717) is 0 Å². The van der Waals surface area contributed by atoms with Gasteiger partial charge in [-0.1, -0.05) is 30.3 Å². The summed E-state index contributed by atoms with van der Waals surface area (Å²) in [6.07, 6.45) is 0. The summed E-state index contributed by atoms with van der Waals surface area (Å²) in [6, 6.07) is 15.2. The number of fused-ring (bicyclic) bond motifs is 1. The highest BCUT2D eigenvalue weighted by Gasteiger charge is 2.07. The monoisotopic (exact) mass is 259 g/mol. The largest absolute Gasteiger partial charge is 0.311 e. The summed E-state index contributed by atoms with van der Waals surface area (Å²) in [5, 5.41) is 6.15. The molecule has 0 radical (unpaired) electrons. The molecule has 2 rings (SSSR count). The van der Waals surface area contributed by atoms with Crippen LogP contribution >= 0.6 is 11.8 Å². The summed E-state index contributed by atoms with van der Waals surface area (Å²) in [7, 11) is 0. The van der Waals surface area contributed by atoms with Gasteiger partial charge in [0.05, 0.1) is 0 Å². The number of hydrogen-bond donors (Lipinski definition) is 1. The molecule has 0 aliphatic rings. The second kappa shape index (κ2) is 5.77. The summed E-state index contributed by atoms with van der Waals surface area (Å²) in [5.74, 6) is 1.11. The Morgan fingerprint density at radius 2 is 1.72 bits per heavy atom. The summed E-state index contributed by atoms with van der Waals surface area (Å²) in [5.41, 5.74) is 0.212. The van der Waals surface area contributed by atoms with E-state index in [-0.39, 0.29) is 5.54 Å². The van der Waals surface area contributed by atoms with Gasteiger partial charge in [-0.05, 0) is 43.7 Å². The van der Waals surface area contributed by atoms with Gasteiger partial charge >= 0.3 is 0 Å². The lowest BCUT2D eigenvalue weighted by Crippen LogP contribution is -2.37. The highest BCUT2D eigenvalue weighted by atomic mass is 32.2. The van der Waals surface area contributed by atoms with Crippen LogP contribution in [0.15, 0.2) is 47.4 Å². The summed E-state index contributed by atoms with van der Waals surface area (Å²) in [6.45, 7) is 7.65. The van der Waals surface area contributed by atoms with Gasteiger partial charge in [0, 0.05) is 22.7 Å². The van der Waals surface area contributed by atoms with Crippen LogP contribution in [0.1, 0.15) is 20.8 Å². The second-order valence-electron chi connectivity index (χ2n) is 5.53. The molecule has 0 unspecified atom stereocenters. The predicted octanol–water partition coefficient (Wildman–Crippen LogP) is 4.32. The molecule has 2 aromatic rings. The molecule has 0 spiro atoms. The highest BCUT2D eigenvalue weighted by molar-refractivity contribution is 7.99. The molecule has 0 amide bonds. The Bertz CT molecular complexity index is 514. The van der Waals surface area contributed by atoms with Crippen molar-refractivity contribution < 1.29 is 0 Å². The Kier molecular flexibility index (Phi) is 4.31. The van der Waals surface area contributed by atoms with Crippen LogP contribution in [0.25, 0.3) is 10.8 Å². The first-order chi connectivity index (χ1) is 8.54. The van der Waals surface area contributed by atoms with Crippen LogP contribution in [-0.4, -0.2) is 17.8 Å². The zero-order valence-corrected chi connectivity index (χ0v) is 12.2. The van der Waals surface area contributed by atoms with Crippen LogP contribution in [0.3, 0.4) is 0 Å². The second-order valence-corrected chi connectivity index (χ2v) is 6.70. The van der Waals surface area contributed by atoms with Crippen LogP contribution in [0.2, 0.25) is 0 Å². The Morgan fingerprint density at radius 3 is 2.44 bits per heavy atom. The van der Waals surface area contributed by atoms with Gasteiger partial charge in [0.1, 0.15) is 0 Å². The molecule has 0 aliphatic carbocycles. The average molecular weight is 259 g/mol. The number of benzene rings is 2. The number of hydrogen-bond acceptors (Lipinski definition) is 2. The van der Waals surface area contributed by atoms with Crippen LogP contribution in [0, 0.1) is 0 Å². The SMILES string of the molecule is CC(C)(C)NCCSc1ccc2ccccc2c1. The number of rotatable bonds is 4. The fourth-order valence-corrected chi connectivity index (χ4v) is 2.67. The van der Waals surface area contributed by atoms with Crippen molar-refractivity contribution in [3.8, 4) is 0 Å². The smallest absolute Gasteiger partial charge is 0.0106 e. The van der Waals surface area contributed by atoms with E-state index in [1.54, 1.807) is 0 Å². The van der Waals surface area contributed by atoms with Crippen LogP contribution in [0.5, 0.6) is 0 Å². The van der Waals surface area contributed by atoms with Crippen molar-refractivity contribution >= 4 is 22.5 Å². The van der Waals surface area contributed by atoms with E-state index >= 15 is 0 Å². The van der Waals surface area contributed by atoms with E-state index in [4.69, 9.17) is 0 Å². The van der Waals surface area contributed by atoms with E-state index in [1.807, 2.05) is 11.8 Å². The third-order valence-corrected chi connectivity index (χ3v) is 3.74. The molecule has 1 N–H and O–H groups in total. The first kappa shape index (κ1) is 13.4. The first-order valence-corrected chi connectivity index (χ1v) is 7.40. The van der Waals surface area contributed by atoms with Gasteiger partial charge in [0.15, 0.2) is 0 Å². The van der Waals surface area contributed by atoms with Crippen molar-refractivity contribution in [2.45, 2.75) is 31.2 Å². The lowest BCUT2D eigenvalue weighted by atomic mass is 10.1. The number of thioether (sulfide) groups is 1. The van der Waals surface area contributed by atoms with Crippen LogP contribution in [-0.2, 0) is 0 Å². The Hall–Kier alpha value is -0.990. The van der Waals surface area contributed by atoms with Crippen molar-refractivity contribution in [2.24, 2.45) is 0 Å². The van der Waals surface area contributed by atoms with Crippen molar-refractivity contribution in [2.75, 3.05) is 12.3 Å². The van der Waals surface area contributed by atoms with E-state index in [0.717, 1.165) is 12.3 Å². The van der Waals surface area contributed by atoms with Gasteiger partial charge in [0.2, 0.25) is 0 Å². The minimum Gasteiger partial charge on any atom is -0.311 e. The molecular formula is C16H21NS. The van der Waals surface area contributed by atoms with Gasteiger partial charge in [-0.25, -0.2) is 0 Å². The molecule has 0 atom stereocenters. The van der Waals surface area contributed by atoms with Crippen LogP contribution < -0.4 is 5.32 Å². The standard InChI is InChI=1S/C16H21NS/c1-16(2,3)17-10-11-18-15-9-8-13-6-4-5-7-14(13)12-15/h4-9,12,17H,10-11H2,1-3H3. The van der Waals surface area contributed by atoms with Crippen molar-refractivity contribution in [1.29, 1.82) is 0 Å². The fourth-order valence-electron chi connectivity index (χ4n) is 1.85. The van der Waals surface area contributed by atoms with Crippen molar-refractivity contribution in [3.63, 3.8) is 0 Å². The predicted molar refractivity (Wildman–Crippen MR) is 82.4 cm³/mol. The Balaban J connectivity index is 1.92. The summed E-state index contributed by atoms with van der Waals surface area (Å²) < 4.78 is 0. The summed E-state index contributed by atoms with van der Waals surface area (Å²) >= 11 is 1.91. The Labute approximate surface area is 114 Å². The minimum absolute atomic E-state index is 0.212. The molecule has 0 bridgehead atoms. The Morgan fingerprint density at radius 1 is 1.00 bits per heavy atom. The lowest BCUT2D eigenvalue weighted by Gasteiger charge is -2.20. The molecule has 2 aromatic carbocycles. The number of nitrogens with one attached hydrogen (secondary N) is 1. The third kappa shape index (κ3) is 4.04. The molecule has 0 aromatic heterocycles. The maximum absolute atomic E-state index is 3.51. The topological polar surface area (TPSA) is 12.0 Å². The zero-order valence-electron chi connectivity index (χ0n) is 11.4. The van der Waals surface area contributed by atoms with E-state index < -0.39 is 0 Å². The lowest BCUT2D eigenvalue weighted by molar-refractivity contribution is 0.441. The molecule has 0 aliphatic heterocycles. The molecule has 0 saturated heterocycles. The molecule has 0 heterocycles. The van der Waals surface area contributed by atoms with Crippen molar-refractivity contribution in [3.05, 3.63) is 42.5 Å². The van der Waals surface area contributed by atoms with Crippen LogP contribution in [0.4, 0.5) is 0 Å². The molecule has 0 saturated carbocycles. The van der Waals surface area contributed by atoms with Gasteiger partial charge in [-0.3, -0.25) is 0 Å². The van der Waals surface area contributed by atoms with E-state index in [2.05, 4.69) is 68.6 Å². The van der Waals surface area contributed by atoms with E-state index in [1.165, 1.54) is 15.7 Å². The normalized spacial score (nSPS) is 11.9. The van der Waals surface area contributed by atoms with Gasteiger partial charge in [0.25, 0.3) is 0 Å². The quantitative estimate of drug-likeness (QED) is 0.648. The first-order valence-electron chi connectivity index (χ1n) is 6.41. The van der Waals surface area contributed by atoms with Gasteiger partial charge in [-0.15, -0.1) is 11.8 Å². The minimum atomic E-state index is 0.212. The molecule has 1 nitrogen and oxygen atoms in total. The molecular weight excluding hydrogens is 238 g/mol. The van der Waals surface area contributed by atoms with Gasteiger partial charge < -0.3 is 5.32 Å². The third-order valence-electron chi connectivity index (χ3n) is 2.75.